The molecule has 0 saturated carbocycles. The molecule has 1 heterocycles. The van der Waals surface area contributed by atoms with E-state index in [9.17, 15) is 4.79 Å². The maximum absolute atomic E-state index is 12.1. The Bertz CT molecular complexity index is 866. The Morgan fingerprint density at radius 1 is 1.33 bits per heavy atom. The van der Waals surface area contributed by atoms with Gasteiger partial charge < -0.3 is 14.5 Å². The molecule has 0 aliphatic heterocycles. The summed E-state index contributed by atoms with van der Waals surface area (Å²) >= 11 is 7.14. The van der Waals surface area contributed by atoms with Crippen LogP contribution in [0.5, 0.6) is 5.75 Å². The van der Waals surface area contributed by atoms with Crippen LogP contribution in [0, 0.1) is 0 Å². The van der Waals surface area contributed by atoms with Crippen molar-refractivity contribution in [3.05, 3.63) is 47.5 Å². The van der Waals surface area contributed by atoms with Gasteiger partial charge in [0, 0.05) is 11.1 Å². The van der Waals surface area contributed by atoms with E-state index in [0.29, 0.717) is 39.4 Å². The van der Waals surface area contributed by atoms with Crippen LogP contribution >= 0.6 is 23.4 Å². The zero-order chi connectivity index (χ0) is 16.9. The van der Waals surface area contributed by atoms with Crippen molar-refractivity contribution in [2.75, 3.05) is 17.7 Å². The minimum Gasteiger partial charge on any atom is -0.492 e. The molecule has 0 bridgehead atoms. The van der Waals surface area contributed by atoms with Crippen LogP contribution in [0.15, 0.2) is 52.1 Å². The Kier molecular flexibility index (Phi) is 5.27. The van der Waals surface area contributed by atoms with Gasteiger partial charge in [-0.25, -0.2) is 4.98 Å². The Hall–Kier alpha value is -2.18. The molecule has 2 aromatic carbocycles. The number of benzene rings is 2. The van der Waals surface area contributed by atoms with Gasteiger partial charge >= 0.3 is 0 Å². The second kappa shape index (κ2) is 7.59. The van der Waals surface area contributed by atoms with Crippen molar-refractivity contribution in [2.45, 2.75) is 12.1 Å². The van der Waals surface area contributed by atoms with Crippen LogP contribution in [0.1, 0.15) is 6.92 Å². The van der Waals surface area contributed by atoms with Gasteiger partial charge in [-0.15, -0.1) is 0 Å². The van der Waals surface area contributed by atoms with Crippen LogP contribution in [0.4, 0.5) is 5.69 Å². The van der Waals surface area contributed by atoms with Crippen LogP contribution in [-0.4, -0.2) is 23.3 Å². The van der Waals surface area contributed by atoms with Gasteiger partial charge in [-0.3, -0.25) is 4.79 Å². The van der Waals surface area contributed by atoms with Gasteiger partial charge in [0.15, 0.2) is 5.58 Å². The standard InChI is InChI=1S/C17H15ClN2O3S/c1-2-22-14-6-4-3-5-12(14)19-16(21)10-24-17-20-13-8-7-11(18)9-15(13)23-17/h3-9H,2,10H2,1H3,(H,19,21). The number of oxazole rings is 1. The SMILES string of the molecule is CCOc1ccccc1NC(=O)CSc1nc2ccc(Cl)cc2o1. The fourth-order valence-electron chi connectivity index (χ4n) is 2.10. The zero-order valence-electron chi connectivity index (χ0n) is 12.9. The molecule has 0 fully saturated rings. The molecule has 7 heteroatoms. The van der Waals surface area contributed by atoms with E-state index in [1.54, 1.807) is 24.3 Å². The quantitative estimate of drug-likeness (QED) is 0.648. The summed E-state index contributed by atoms with van der Waals surface area (Å²) in [5, 5.41) is 3.85. The van der Waals surface area contributed by atoms with Gasteiger partial charge in [0.1, 0.15) is 11.3 Å². The predicted molar refractivity (Wildman–Crippen MR) is 96.0 cm³/mol. The number of thioether (sulfide) groups is 1. The van der Waals surface area contributed by atoms with Crippen molar-refractivity contribution in [1.29, 1.82) is 0 Å². The molecule has 0 radical (unpaired) electrons. The lowest BCUT2D eigenvalue weighted by atomic mass is 10.3. The average molecular weight is 363 g/mol. The molecule has 1 N–H and O–H groups in total. The summed E-state index contributed by atoms with van der Waals surface area (Å²) < 4.78 is 11.1. The molecule has 5 nitrogen and oxygen atoms in total. The average Bonchev–Trinajstić information content (AvgIpc) is 2.97. The smallest absolute Gasteiger partial charge is 0.257 e. The third-order valence-corrected chi connectivity index (χ3v) is 4.18. The second-order valence-electron chi connectivity index (χ2n) is 4.86. The second-order valence-corrected chi connectivity index (χ2v) is 6.22. The van der Waals surface area contributed by atoms with E-state index in [2.05, 4.69) is 10.3 Å². The number of hydrogen-bond donors (Lipinski definition) is 1. The monoisotopic (exact) mass is 362 g/mol. The van der Waals surface area contributed by atoms with Gasteiger partial charge in [0.05, 0.1) is 18.0 Å². The van der Waals surface area contributed by atoms with Crippen LogP contribution in [0.3, 0.4) is 0 Å². The molecule has 0 spiro atoms. The van der Waals surface area contributed by atoms with E-state index < -0.39 is 0 Å². The van der Waals surface area contributed by atoms with Crippen molar-refractivity contribution in [3.8, 4) is 5.75 Å². The number of para-hydroxylation sites is 2. The first-order valence-corrected chi connectivity index (χ1v) is 8.72. The first kappa shape index (κ1) is 16.7. The van der Waals surface area contributed by atoms with Crippen molar-refractivity contribution in [3.63, 3.8) is 0 Å². The lowest BCUT2D eigenvalue weighted by molar-refractivity contribution is -0.113. The molecule has 24 heavy (non-hydrogen) atoms. The number of fused-ring (bicyclic) bond motifs is 1. The fraction of sp³-hybridized carbons (Fsp3) is 0.176. The summed E-state index contributed by atoms with van der Waals surface area (Å²) in [6.45, 7) is 2.43. The fourth-order valence-corrected chi connectivity index (χ4v) is 2.90. The molecule has 124 valence electrons. The zero-order valence-corrected chi connectivity index (χ0v) is 14.5. The van der Waals surface area contributed by atoms with Crippen LogP contribution in [0.2, 0.25) is 5.02 Å². The van der Waals surface area contributed by atoms with Gasteiger partial charge in [0.25, 0.3) is 5.22 Å². The van der Waals surface area contributed by atoms with Gasteiger partial charge in [0.2, 0.25) is 5.91 Å². The minimum atomic E-state index is -0.160. The van der Waals surface area contributed by atoms with Gasteiger partial charge in [-0.1, -0.05) is 35.5 Å². The number of halogens is 1. The molecular weight excluding hydrogens is 348 g/mol. The van der Waals surface area contributed by atoms with Crippen molar-refractivity contribution >= 4 is 46.1 Å². The van der Waals surface area contributed by atoms with Crippen molar-refractivity contribution in [1.82, 2.24) is 4.98 Å². The first-order chi connectivity index (χ1) is 11.7. The summed E-state index contributed by atoms with van der Waals surface area (Å²) in [7, 11) is 0. The third kappa shape index (κ3) is 4.01. The van der Waals surface area contributed by atoms with E-state index in [1.165, 1.54) is 11.8 Å². The summed E-state index contributed by atoms with van der Waals surface area (Å²) in [4.78, 5) is 16.4. The highest BCUT2D eigenvalue weighted by Crippen LogP contribution is 2.27. The molecule has 0 aliphatic carbocycles. The number of carbonyl (C=O) groups is 1. The number of rotatable bonds is 6. The number of aromatic nitrogens is 1. The van der Waals surface area contributed by atoms with E-state index >= 15 is 0 Å². The van der Waals surface area contributed by atoms with Crippen molar-refractivity contribution < 1.29 is 13.9 Å². The van der Waals surface area contributed by atoms with E-state index in [-0.39, 0.29) is 11.7 Å². The molecule has 1 aromatic heterocycles. The number of amides is 1. The van der Waals surface area contributed by atoms with Crippen LogP contribution in [-0.2, 0) is 4.79 Å². The molecule has 0 aliphatic rings. The molecule has 1 amide bonds. The topological polar surface area (TPSA) is 64.4 Å². The third-order valence-electron chi connectivity index (χ3n) is 3.12. The predicted octanol–water partition coefficient (Wildman–Crippen LogP) is 4.61. The highest BCUT2D eigenvalue weighted by Gasteiger charge is 2.11. The summed E-state index contributed by atoms with van der Waals surface area (Å²) in [6.07, 6.45) is 0. The lowest BCUT2D eigenvalue weighted by Gasteiger charge is -2.10. The number of hydrogen-bond acceptors (Lipinski definition) is 5. The number of ether oxygens (including phenoxy) is 1. The maximum Gasteiger partial charge on any atom is 0.257 e. The van der Waals surface area contributed by atoms with Crippen LogP contribution < -0.4 is 10.1 Å². The molecule has 0 unspecified atom stereocenters. The Labute approximate surface area is 148 Å². The highest BCUT2D eigenvalue weighted by molar-refractivity contribution is 7.99. The molecule has 3 aromatic rings. The van der Waals surface area contributed by atoms with Crippen molar-refractivity contribution in [2.24, 2.45) is 0 Å². The number of carbonyl (C=O) groups excluding carboxylic acids is 1. The largest absolute Gasteiger partial charge is 0.492 e. The van der Waals surface area contributed by atoms with Crippen LogP contribution in [0.25, 0.3) is 11.1 Å². The highest BCUT2D eigenvalue weighted by atomic mass is 35.5. The molecule has 0 atom stereocenters. The summed E-state index contributed by atoms with van der Waals surface area (Å²) in [5.74, 6) is 0.670. The number of nitrogens with one attached hydrogen (secondary N) is 1. The number of nitrogens with zero attached hydrogens (tertiary/aromatic N) is 1. The lowest BCUT2D eigenvalue weighted by Crippen LogP contribution is -2.14. The normalized spacial score (nSPS) is 10.8. The Balaban J connectivity index is 1.62. The Morgan fingerprint density at radius 3 is 3.00 bits per heavy atom. The molecule has 0 saturated heterocycles. The van der Waals surface area contributed by atoms with E-state index in [0.717, 1.165) is 0 Å². The molecule has 3 rings (SSSR count). The maximum atomic E-state index is 12.1. The minimum absolute atomic E-state index is 0.160. The molecular formula is C17H15ClN2O3S. The summed E-state index contributed by atoms with van der Waals surface area (Å²) in [6, 6.07) is 12.6. The number of anilines is 1. The van der Waals surface area contributed by atoms with Gasteiger partial charge in [-0.05, 0) is 31.2 Å². The first-order valence-electron chi connectivity index (χ1n) is 7.36. The van der Waals surface area contributed by atoms with E-state index in [1.807, 2.05) is 25.1 Å². The van der Waals surface area contributed by atoms with E-state index in [4.69, 9.17) is 20.8 Å². The summed E-state index contributed by atoms with van der Waals surface area (Å²) in [5.41, 5.74) is 1.96. The Morgan fingerprint density at radius 2 is 2.17 bits per heavy atom. The van der Waals surface area contributed by atoms with Gasteiger partial charge in [-0.2, -0.15) is 0 Å².